The average Bonchev–Trinajstić information content (AvgIpc) is 2.63. The molecule has 27 heavy (non-hydrogen) atoms. The van der Waals surface area contributed by atoms with Crippen LogP contribution in [0, 0.1) is 6.92 Å². The van der Waals surface area contributed by atoms with E-state index in [1.807, 2.05) is 4.98 Å². The van der Waals surface area contributed by atoms with Gasteiger partial charge in [0.2, 0.25) is 0 Å². The van der Waals surface area contributed by atoms with Gasteiger partial charge in [-0.1, -0.05) is 6.07 Å². The summed E-state index contributed by atoms with van der Waals surface area (Å²) >= 11 is 0. The van der Waals surface area contributed by atoms with Gasteiger partial charge in [0.15, 0.2) is 6.61 Å². The number of hydrogen-bond donors (Lipinski definition) is 2. The Morgan fingerprint density at radius 3 is 2.59 bits per heavy atom. The molecule has 10 nitrogen and oxygen atoms in total. The highest BCUT2D eigenvalue weighted by atomic mass is 16.5. The molecule has 0 atom stereocenters. The standard InChI is InChI=1S/C17H17N3O7/c1-10-3-4-11(16(24)26-2)7-12(10)18-14(22)9-27-15(23)8-20-6-5-13(21)19-17(20)25/h3-7H,8-9H2,1-2H3,(H,18,22)(H,19,21,25). The molecule has 0 saturated carbocycles. The summed E-state index contributed by atoms with van der Waals surface area (Å²) in [5.74, 6) is -2.01. The monoisotopic (exact) mass is 375 g/mol. The molecule has 1 amide bonds. The number of carbonyl (C=O) groups excluding carboxylic acids is 3. The first kappa shape index (κ1) is 19.6. The molecule has 0 radical (unpaired) electrons. The number of anilines is 1. The number of rotatable bonds is 6. The molecule has 0 saturated heterocycles. The van der Waals surface area contributed by atoms with Crippen molar-refractivity contribution >= 4 is 23.5 Å². The third-order valence-corrected chi connectivity index (χ3v) is 3.49. The van der Waals surface area contributed by atoms with E-state index in [2.05, 4.69) is 10.1 Å². The van der Waals surface area contributed by atoms with Crippen LogP contribution in [-0.4, -0.2) is 41.1 Å². The van der Waals surface area contributed by atoms with Crippen LogP contribution in [0.4, 0.5) is 5.69 Å². The van der Waals surface area contributed by atoms with E-state index < -0.39 is 42.2 Å². The molecule has 1 aromatic heterocycles. The first-order valence-corrected chi connectivity index (χ1v) is 7.74. The molecule has 2 aromatic rings. The predicted octanol–water partition coefficient (Wildman–Crippen LogP) is -0.186. The summed E-state index contributed by atoms with van der Waals surface area (Å²) in [7, 11) is 1.24. The van der Waals surface area contributed by atoms with E-state index in [-0.39, 0.29) is 5.56 Å². The van der Waals surface area contributed by atoms with E-state index >= 15 is 0 Å². The lowest BCUT2D eigenvalue weighted by Gasteiger charge is -2.10. The van der Waals surface area contributed by atoms with Crippen LogP contribution in [0.5, 0.6) is 0 Å². The molecule has 1 aromatic carbocycles. The van der Waals surface area contributed by atoms with Gasteiger partial charge >= 0.3 is 17.6 Å². The molecule has 0 bridgehead atoms. The summed E-state index contributed by atoms with van der Waals surface area (Å²) in [6, 6.07) is 5.72. The smallest absolute Gasteiger partial charge is 0.337 e. The quantitative estimate of drug-likeness (QED) is 0.668. The van der Waals surface area contributed by atoms with Crippen molar-refractivity contribution in [2.24, 2.45) is 0 Å². The zero-order chi connectivity index (χ0) is 20.0. The van der Waals surface area contributed by atoms with Crippen LogP contribution in [-0.2, 0) is 25.6 Å². The Labute approximate surface area is 152 Å². The summed E-state index contributed by atoms with van der Waals surface area (Å²) in [4.78, 5) is 59.7. The van der Waals surface area contributed by atoms with Crippen molar-refractivity contribution in [3.63, 3.8) is 0 Å². The lowest BCUT2D eigenvalue weighted by molar-refractivity contribution is -0.148. The number of nitrogens with zero attached hydrogens (tertiary/aromatic N) is 1. The first-order chi connectivity index (χ1) is 12.8. The van der Waals surface area contributed by atoms with Gasteiger partial charge in [-0.15, -0.1) is 0 Å². The predicted molar refractivity (Wildman–Crippen MR) is 93.4 cm³/mol. The summed E-state index contributed by atoms with van der Waals surface area (Å²) in [5.41, 5.74) is -0.0292. The number of nitrogens with one attached hydrogen (secondary N) is 2. The molecule has 0 aliphatic rings. The van der Waals surface area contributed by atoms with Crippen molar-refractivity contribution in [3.8, 4) is 0 Å². The highest BCUT2D eigenvalue weighted by Crippen LogP contribution is 2.17. The molecule has 1 heterocycles. The maximum absolute atomic E-state index is 12.0. The van der Waals surface area contributed by atoms with Gasteiger partial charge in [0.25, 0.3) is 11.5 Å². The number of benzene rings is 1. The molecule has 2 rings (SSSR count). The Hall–Kier alpha value is -3.69. The number of carbonyl (C=O) groups is 3. The minimum atomic E-state index is -0.834. The van der Waals surface area contributed by atoms with Gasteiger partial charge in [0.05, 0.1) is 12.7 Å². The molecule has 0 unspecified atom stereocenters. The van der Waals surface area contributed by atoms with Crippen molar-refractivity contribution in [1.29, 1.82) is 0 Å². The van der Waals surface area contributed by atoms with E-state index in [1.165, 1.54) is 13.2 Å². The number of hydrogen-bond acceptors (Lipinski definition) is 7. The molecule has 0 aliphatic carbocycles. The maximum atomic E-state index is 12.0. The van der Waals surface area contributed by atoms with Gasteiger partial charge in [-0.05, 0) is 24.6 Å². The van der Waals surface area contributed by atoms with Gasteiger partial charge in [0, 0.05) is 18.0 Å². The number of esters is 2. The van der Waals surface area contributed by atoms with Gasteiger partial charge in [-0.25, -0.2) is 9.59 Å². The summed E-state index contributed by atoms with van der Waals surface area (Å²) in [6.07, 6.45) is 1.14. The fourth-order valence-electron chi connectivity index (χ4n) is 2.09. The Kier molecular flexibility index (Phi) is 6.26. The van der Waals surface area contributed by atoms with Crippen molar-refractivity contribution in [3.05, 3.63) is 62.4 Å². The van der Waals surface area contributed by atoms with Gasteiger partial charge < -0.3 is 14.8 Å². The lowest BCUT2D eigenvalue weighted by atomic mass is 10.1. The van der Waals surface area contributed by atoms with Crippen LogP contribution in [0.1, 0.15) is 15.9 Å². The highest BCUT2D eigenvalue weighted by Gasteiger charge is 2.13. The fourth-order valence-corrected chi connectivity index (χ4v) is 2.09. The fraction of sp³-hybridized carbons (Fsp3) is 0.235. The minimum absolute atomic E-state index is 0.257. The molecule has 2 N–H and O–H groups in total. The van der Waals surface area contributed by atoms with Gasteiger partial charge in [-0.3, -0.25) is 23.9 Å². The van der Waals surface area contributed by atoms with E-state index in [0.29, 0.717) is 11.3 Å². The number of ether oxygens (including phenoxy) is 2. The topological polar surface area (TPSA) is 137 Å². The number of aryl methyl sites for hydroxylation is 1. The lowest BCUT2D eigenvalue weighted by Crippen LogP contribution is -2.32. The largest absolute Gasteiger partial charge is 0.465 e. The second-order valence-corrected chi connectivity index (χ2v) is 5.47. The van der Waals surface area contributed by atoms with E-state index in [9.17, 15) is 24.0 Å². The molecule has 0 aliphatic heterocycles. The van der Waals surface area contributed by atoms with E-state index in [0.717, 1.165) is 16.8 Å². The Morgan fingerprint density at radius 2 is 1.93 bits per heavy atom. The van der Waals surface area contributed by atoms with Crippen LogP contribution in [0.3, 0.4) is 0 Å². The zero-order valence-corrected chi connectivity index (χ0v) is 14.6. The summed E-state index contributed by atoms with van der Waals surface area (Å²) < 4.78 is 10.4. The van der Waals surface area contributed by atoms with Crippen molar-refractivity contribution in [2.75, 3.05) is 19.0 Å². The second kappa shape index (κ2) is 8.61. The van der Waals surface area contributed by atoms with Crippen LogP contribution < -0.4 is 16.6 Å². The number of aromatic amines is 1. The average molecular weight is 375 g/mol. The number of aromatic nitrogens is 2. The van der Waals surface area contributed by atoms with Crippen molar-refractivity contribution in [2.45, 2.75) is 13.5 Å². The van der Waals surface area contributed by atoms with Crippen molar-refractivity contribution < 1.29 is 23.9 Å². The zero-order valence-electron chi connectivity index (χ0n) is 14.6. The van der Waals surface area contributed by atoms with E-state index in [1.54, 1.807) is 19.1 Å². The molecule has 142 valence electrons. The summed E-state index contributed by atoms with van der Waals surface area (Å²) in [6.45, 7) is 0.684. The number of amides is 1. The first-order valence-electron chi connectivity index (χ1n) is 7.74. The molecule has 10 heteroatoms. The van der Waals surface area contributed by atoms with Crippen molar-refractivity contribution in [1.82, 2.24) is 9.55 Å². The number of methoxy groups -OCH3 is 1. The van der Waals surface area contributed by atoms with Crippen LogP contribution in [0.25, 0.3) is 0 Å². The minimum Gasteiger partial charge on any atom is -0.465 e. The van der Waals surface area contributed by atoms with Crippen LogP contribution in [0.2, 0.25) is 0 Å². The van der Waals surface area contributed by atoms with Crippen LogP contribution in [0.15, 0.2) is 40.1 Å². The highest BCUT2D eigenvalue weighted by molar-refractivity contribution is 5.96. The van der Waals surface area contributed by atoms with Crippen LogP contribution >= 0.6 is 0 Å². The number of H-pyrrole nitrogens is 1. The summed E-state index contributed by atoms with van der Waals surface area (Å²) in [5, 5.41) is 2.53. The third-order valence-electron chi connectivity index (χ3n) is 3.49. The van der Waals surface area contributed by atoms with Gasteiger partial charge in [0.1, 0.15) is 6.54 Å². The molecule has 0 spiro atoms. The molecule has 0 fully saturated rings. The molecular weight excluding hydrogens is 358 g/mol. The second-order valence-electron chi connectivity index (χ2n) is 5.47. The SMILES string of the molecule is COC(=O)c1ccc(C)c(NC(=O)COC(=O)Cn2ccc(=O)[nH]c2=O)c1. The molecular formula is C17H17N3O7. The Morgan fingerprint density at radius 1 is 1.19 bits per heavy atom. The third kappa shape index (κ3) is 5.39. The Bertz CT molecular complexity index is 991. The maximum Gasteiger partial charge on any atom is 0.337 e. The Balaban J connectivity index is 1.94. The normalized spacial score (nSPS) is 10.1. The van der Waals surface area contributed by atoms with Gasteiger partial charge in [-0.2, -0.15) is 0 Å². The van der Waals surface area contributed by atoms with E-state index in [4.69, 9.17) is 4.74 Å².